The van der Waals surface area contributed by atoms with Crippen LogP contribution in [0.15, 0.2) is 18.5 Å². The van der Waals surface area contributed by atoms with Crippen molar-refractivity contribution in [1.29, 1.82) is 0 Å². The molecule has 9 nitrogen and oxygen atoms in total. The summed E-state index contributed by atoms with van der Waals surface area (Å²) >= 11 is 1.64. The minimum atomic E-state index is -4.14. The van der Waals surface area contributed by atoms with Crippen molar-refractivity contribution in [3.63, 3.8) is 0 Å². The van der Waals surface area contributed by atoms with E-state index in [0.717, 1.165) is 29.1 Å². The van der Waals surface area contributed by atoms with Crippen LogP contribution < -0.4 is 14.3 Å². The average molecular weight is 469 g/mol. The van der Waals surface area contributed by atoms with Gasteiger partial charge in [-0.2, -0.15) is 13.5 Å². The number of aryl methyl sites for hydroxylation is 2. The topological polar surface area (TPSA) is 99.6 Å². The zero-order chi connectivity index (χ0) is 22.8. The van der Waals surface area contributed by atoms with Crippen molar-refractivity contribution in [3.05, 3.63) is 28.2 Å². The molecule has 2 N–H and O–H groups in total. The molecule has 31 heavy (non-hydrogen) atoms. The van der Waals surface area contributed by atoms with Crippen LogP contribution in [0.1, 0.15) is 49.3 Å². The van der Waals surface area contributed by atoms with Gasteiger partial charge in [0.15, 0.2) is 0 Å². The van der Waals surface area contributed by atoms with Crippen molar-refractivity contribution < 1.29 is 13.2 Å². The van der Waals surface area contributed by atoms with Crippen LogP contribution in [0.5, 0.6) is 0 Å². The number of hydrogen-bond acceptors (Lipinski definition) is 6. The van der Waals surface area contributed by atoms with Crippen molar-refractivity contribution >= 4 is 39.0 Å². The van der Waals surface area contributed by atoms with Crippen LogP contribution in [0.25, 0.3) is 0 Å². The monoisotopic (exact) mass is 468 g/mol. The quantitative estimate of drug-likeness (QED) is 0.650. The lowest BCUT2D eigenvalue weighted by Crippen LogP contribution is -2.54. The van der Waals surface area contributed by atoms with Crippen LogP contribution in [-0.4, -0.2) is 55.3 Å². The second kappa shape index (κ2) is 9.58. The van der Waals surface area contributed by atoms with Gasteiger partial charge in [-0.15, -0.1) is 11.3 Å². The first-order valence-corrected chi connectivity index (χ1v) is 12.8. The maximum atomic E-state index is 13.3. The molecule has 11 heteroatoms. The summed E-state index contributed by atoms with van der Waals surface area (Å²) in [7, 11) is -0.441. The van der Waals surface area contributed by atoms with E-state index in [0.29, 0.717) is 24.3 Å². The minimum absolute atomic E-state index is 0.224. The zero-order valence-corrected chi connectivity index (χ0v) is 20.4. The maximum Gasteiger partial charge on any atom is 0.334 e. The van der Waals surface area contributed by atoms with Crippen molar-refractivity contribution in [3.8, 4) is 0 Å². The third-order valence-electron chi connectivity index (χ3n) is 5.29. The summed E-state index contributed by atoms with van der Waals surface area (Å²) in [5, 5.41) is 6.87. The summed E-state index contributed by atoms with van der Waals surface area (Å²) in [5.41, 5.74) is 1.10. The zero-order valence-electron chi connectivity index (χ0n) is 18.8. The number of likely N-dealkylation sites (tertiary alicyclic amines) is 1. The molecule has 0 spiro atoms. The summed E-state index contributed by atoms with van der Waals surface area (Å²) in [6.07, 6.45) is 5.61. The molecule has 0 unspecified atom stereocenters. The average Bonchev–Trinajstić information content (AvgIpc) is 3.27. The number of carbonyl (C=O) groups excluding carboxylic acids is 1. The molecule has 0 aliphatic carbocycles. The Labute approximate surface area is 188 Å². The molecule has 2 aromatic rings. The van der Waals surface area contributed by atoms with Crippen molar-refractivity contribution in [1.82, 2.24) is 19.4 Å². The molecule has 1 atom stereocenters. The molecule has 1 aliphatic rings. The Morgan fingerprint density at radius 1 is 1.39 bits per heavy atom. The first kappa shape index (κ1) is 23.6. The standard InChI is InChI=1S/C20H32N6O3S2/c1-6-17-10-18(19(30-17)14(2)3)22-20(27)23-31(28,29)26(16-11-21-25(5)13-16)15-8-7-9-24(4)12-15/h10-11,13-15H,6-9,12H2,1-5H3,(H2,22,23,27)/t15-/m1/s1. The lowest BCUT2D eigenvalue weighted by Gasteiger charge is -2.37. The molecule has 1 fully saturated rings. The normalized spacial score (nSPS) is 17.7. The van der Waals surface area contributed by atoms with Gasteiger partial charge in [-0.3, -0.25) is 4.68 Å². The lowest BCUT2D eigenvalue weighted by molar-refractivity contribution is 0.251. The first-order chi connectivity index (χ1) is 14.6. The number of nitrogens with one attached hydrogen (secondary N) is 2. The van der Waals surface area contributed by atoms with Crippen LogP contribution in [0, 0.1) is 0 Å². The molecule has 2 amide bonds. The molecule has 0 saturated carbocycles. The Bertz CT molecular complexity index is 1010. The van der Waals surface area contributed by atoms with Gasteiger partial charge in [0.05, 0.1) is 23.6 Å². The fourth-order valence-corrected chi connectivity index (χ4v) is 6.25. The predicted octanol–water partition coefficient (Wildman–Crippen LogP) is 3.13. The first-order valence-electron chi connectivity index (χ1n) is 10.5. The van der Waals surface area contributed by atoms with Crippen LogP contribution in [-0.2, 0) is 23.7 Å². The lowest BCUT2D eigenvalue weighted by atomic mass is 10.1. The highest BCUT2D eigenvalue weighted by Gasteiger charge is 2.35. The number of piperidine rings is 1. The van der Waals surface area contributed by atoms with Gasteiger partial charge in [0.1, 0.15) is 0 Å². The van der Waals surface area contributed by atoms with Gasteiger partial charge in [0.25, 0.3) is 0 Å². The third-order valence-corrected chi connectivity index (χ3v) is 8.34. The van der Waals surface area contributed by atoms with E-state index < -0.39 is 16.2 Å². The van der Waals surface area contributed by atoms with E-state index in [1.807, 2.05) is 13.1 Å². The summed E-state index contributed by atoms with van der Waals surface area (Å²) < 4.78 is 31.7. The molecule has 0 bridgehead atoms. The molecule has 1 saturated heterocycles. The SMILES string of the molecule is CCc1cc(NC(=O)NS(=O)(=O)N(c2cnn(C)c2)[C@@H]2CCCN(C)C2)c(C(C)C)s1. The van der Waals surface area contributed by atoms with E-state index in [1.54, 1.807) is 29.3 Å². The Morgan fingerprint density at radius 2 is 2.13 bits per heavy atom. The summed E-state index contributed by atoms with van der Waals surface area (Å²) in [6, 6.07) is 0.869. The second-order valence-electron chi connectivity index (χ2n) is 8.29. The number of carbonyl (C=O) groups is 1. The van der Waals surface area contributed by atoms with Gasteiger partial charge >= 0.3 is 16.2 Å². The van der Waals surface area contributed by atoms with E-state index >= 15 is 0 Å². The van der Waals surface area contributed by atoms with Crippen molar-refractivity contribution in [2.24, 2.45) is 7.05 Å². The molecule has 1 aliphatic heterocycles. The highest BCUT2D eigenvalue weighted by Crippen LogP contribution is 2.34. The number of nitrogens with zero attached hydrogens (tertiary/aromatic N) is 4. The van der Waals surface area contributed by atoms with Gasteiger partial charge in [-0.1, -0.05) is 20.8 Å². The van der Waals surface area contributed by atoms with Crippen LogP contribution >= 0.6 is 11.3 Å². The highest BCUT2D eigenvalue weighted by atomic mass is 32.2. The number of amides is 2. The Kier molecular flexibility index (Phi) is 7.28. The number of hydrogen-bond donors (Lipinski definition) is 2. The van der Waals surface area contributed by atoms with Gasteiger partial charge < -0.3 is 10.2 Å². The van der Waals surface area contributed by atoms with Gasteiger partial charge in [0, 0.05) is 29.5 Å². The summed E-state index contributed by atoms with van der Waals surface area (Å²) in [6.45, 7) is 7.65. The molecule has 172 valence electrons. The van der Waals surface area contributed by atoms with E-state index in [2.05, 4.69) is 40.8 Å². The largest absolute Gasteiger partial charge is 0.334 e. The second-order valence-corrected chi connectivity index (χ2v) is 11.0. The highest BCUT2D eigenvalue weighted by molar-refractivity contribution is 7.91. The number of thiophene rings is 1. The molecular weight excluding hydrogens is 436 g/mol. The Hall–Kier alpha value is -2.11. The third kappa shape index (κ3) is 5.58. The van der Waals surface area contributed by atoms with E-state index in [-0.39, 0.29) is 12.0 Å². The number of rotatable bonds is 7. The Morgan fingerprint density at radius 3 is 2.71 bits per heavy atom. The van der Waals surface area contributed by atoms with Crippen LogP contribution in [0.3, 0.4) is 0 Å². The molecule has 0 radical (unpaired) electrons. The summed E-state index contributed by atoms with van der Waals surface area (Å²) in [5.74, 6) is 0.224. The molecule has 2 aromatic heterocycles. The van der Waals surface area contributed by atoms with Gasteiger partial charge in [-0.05, 0) is 44.8 Å². The Balaban J connectivity index is 1.83. The fourth-order valence-electron chi connectivity index (χ4n) is 3.87. The van der Waals surface area contributed by atoms with Gasteiger partial charge in [-0.25, -0.2) is 13.8 Å². The molecular formula is C20H32N6O3S2. The maximum absolute atomic E-state index is 13.3. The smallest absolute Gasteiger partial charge is 0.306 e. The minimum Gasteiger partial charge on any atom is -0.306 e. The molecule has 3 heterocycles. The van der Waals surface area contributed by atoms with Gasteiger partial charge in [0.2, 0.25) is 0 Å². The number of anilines is 2. The van der Waals surface area contributed by atoms with Crippen molar-refractivity contribution in [2.45, 2.75) is 52.0 Å². The fraction of sp³-hybridized carbons (Fsp3) is 0.600. The van der Waals surface area contributed by atoms with E-state index in [4.69, 9.17) is 0 Å². The summed E-state index contributed by atoms with van der Waals surface area (Å²) in [4.78, 5) is 17.0. The van der Waals surface area contributed by atoms with E-state index in [1.165, 1.54) is 10.5 Å². The van der Waals surface area contributed by atoms with Crippen LogP contribution in [0.2, 0.25) is 0 Å². The number of likely N-dealkylation sites (N-methyl/N-ethyl adjacent to an activating group) is 1. The molecule has 0 aromatic carbocycles. The molecule has 3 rings (SSSR count). The number of urea groups is 1. The number of aromatic nitrogens is 2. The predicted molar refractivity (Wildman–Crippen MR) is 125 cm³/mol. The van der Waals surface area contributed by atoms with E-state index in [9.17, 15) is 13.2 Å². The van der Waals surface area contributed by atoms with Crippen molar-refractivity contribution in [2.75, 3.05) is 29.8 Å². The van der Waals surface area contributed by atoms with Crippen LogP contribution in [0.4, 0.5) is 16.2 Å².